The number of carbonyl (C=O) groups excluding carboxylic acids is 3. The number of rotatable bonds is 6. The highest BCUT2D eigenvalue weighted by atomic mass is 35.5. The van der Waals surface area contributed by atoms with E-state index < -0.39 is 27.9 Å². The second-order valence-electron chi connectivity index (χ2n) is 8.81. The molecule has 2 saturated heterocycles. The number of hydrogen-bond donors (Lipinski definition) is 2. The van der Waals surface area contributed by atoms with Gasteiger partial charge in [-0.2, -0.15) is 4.72 Å². The molecule has 2 unspecified atom stereocenters. The minimum Gasteiger partial charge on any atom is -0.369 e. The summed E-state index contributed by atoms with van der Waals surface area (Å²) in [7, 11) is -3.96. The Kier molecular flexibility index (Phi) is 7.11. The van der Waals surface area contributed by atoms with E-state index in [2.05, 4.69) is 4.72 Å². The van der Waals surface area contributed by atoms with E-state index in [-0.39, 0.29) is 29.8 Å². The van der Waals surface area contributed by atoms with Crippen LogP contribution >= 0.6 is 11.6 Å². The summed E-state index contributed by atoms with van der Waals surface area (Å²) in [5, 5.41) is 2.07. The van der Waals surface area contributed by atoms with Gasteiger partial charge < -0.3 is 15.5 Å². The zero-order valence-electron chi connectivity index (χ0n) is 18.6. The molecule has 11 heteroatoms. The summed E-state index contributed by atoms with van der Waals surface area (Å²) in [6.07, 6.45) is 2.23. The number of carbonyl (C=O) groups is 3. The first kappa shape index (κ1) is 24.4. The van der Waals surface area contributed by atoms with Crippen molar-refractivity contribution < 1.29 is 22.8 Å². The maximum absolute atomic E-state index is 13.0. The molecular weight excluding hydrogens is 480 g/mol. The fraction of sp³-hybridized carbons (Fsp3) is 0.435. The van der Waals surface area contributed by atoms with Crippen LogP contribution in [0.3, 0.4) is 0 Å². The Bertz CT molecular complexity index is 1240. The number of sulfonamides is 1. The Morgan fingerprint density at radius 2 is 1.76 bits per heavy atom. The number of likely N-dealkylation sites (tertiary alicyclic amines) is 2. The van der Waals surface area contributed by atoms with Crippen molar-refractivity contribution >= 4 is 50.1 Å². The standard InChI is InChI=1S/C23H27ClN4O5S/c24-18-7-5-16-12-19(8-6-15(16)11-18)34(32,33)26-20-4-2-10-28(23(20)31)14-21(29)27-9-1-3-17(13-27)22(25)30/h5-8,11-12,17,20,26H,1-4,9-10,13-14H2,(H2,25,30). The molecule has 182 valence electrons. The molecule has 0 radical (unpaired) electrons. The Morgan fingerprint density at radius 3 is 2.53 bits per heavy atom. The van der Waals surface area contributed by atoms with E-state index in [1.54, 1.807) is 29.2 Å². The number of nitrogens with zero attached hydrogens (tertiary/aromatic N) is 2. The lowest BCUT2D eigenvalue weighted by molar-refractivity contribution is -0.144. The molecule has 4 rings (SSSR count). The van der Waals surface area contributed by atoms with Gasteiger partial charge in [0.15, 0.2) is 0 Å². The van der Waals surface area contributed by atoms with Gasteiger partial charge in [0.05, 0.1) is 17.4 Å². The summed E-state index contributed by atoms with van der Waals surface area (Å²) in [5.74, 6) is -1.51. The lowest BCUT2D eigenvalue weighted by atomic mass is 9.97. The molecule has 0 aliphatic carbocycles. The molecule has 0 bridgehead atoms. The van der Waals surface area contributed by atoms with Gasteiger partial charge in [-0.15, -0.1) is 0 Å². The molecule has 0 spiro atoms. The quantitative estimate of drug-likeness (QED) is 0.613. The van der Waals surface area contributed by atoms with Crippen LogP contribution in [0, 0.1) is 5.92 Å². The third-order valence-corrected chi connectivity index (χ3v) is 8.12. The molecule has 3 amide bonds. The molecule has 2 heterocycles. The van der Waals surface area contributed by atoms with Crippen LogP contribution in [0.15, 0.2) is 41.3 Å². The molecule has 34 heavy (non-hydrogen) atoms. The zero-order chi connectivity index (χ0) is 24.5. The summed E-state index contributed by atoms with van der Waals surface area (Å²) in [6, 6.07) is 8.89. The van der Waals surface area contributed by atoms with Gasteiger partial charge in [-0.3, -0.25) is 14.4 Å². The molecule has 3 N–H and O–H groups in total. The molecule has 2 atom stereocenters. The zero-order valence-corrected chi connectivity index (χ0v) is 20.1. The number of fused-ring (bicyclic) bond motifs is 1. The Hall–Kier alpha value is -2.69. The second kappa shape index (κ2) is 9.89. The topological polar surface area (TPSA) is 130 Å². The first-order valence-corrected chi connectivity index (χ1v) is 13.1. The summed E-state index contributed by atoms with van der Waals surface area (Å²) < 4.78 is 28.5. The molecule has 2 fully saturated rings. The first-order chi connectivity index (χ1) is 16.1. The van der Waals surface area contributed by atoms with Gasteiger partial charge in [-0.25, -0.2) is 8.42 Å². The number of halogens is 1. The first-order valence-electron chi connectivity index (χ1n) is 11.2. The third-order valence-electron chi connectivity index (χ3n) is 6.41. The fourth-order valence-corrected chi connectivity index (χ4v) is 5.96. The molecular formula is C23H27ClN4O5S. The minimum absolute atomic E-state index is 0.0501. The van der Waals surface area contributed by atoms with Crippen molar-refractivity contribution in [1.29, 1.82) is 0 Å². The predicted molar refractivity (Wildman–Crippen MR) is 127 cm³/mol. The smallest absolute Gasteiger partial charge is 0.242 e. The molecule has 2 aliphatic rings. The number of nitrogens with one attached hydrogen (secondary N) is 1. The van der Waals surface area contributed by atoms with Crippen molar-refractivity contribution in [3.63, 3.8) is 0 Å². The molecule has 2 aromatic rings. The van der Waals surface area contributed by atoms with Gasteiger partial charge in [-0.05, 0) is 60.7 Å². The van der Waals surface area contributed by atoms with E-state index in [4.69, 9.17) is 17.3 Å². The van der Waals surface area contributed by atoms with Gasteiger partial charge in [0, 0.05) is 24.7 Å². The van der Waals surface area contributed by atoms with Crippen molar-refractivity contribution in [1.82, 2.24) is 14.5 Å². The lowest BCUT2D eigenvalue weighted by Gasteiger charge is -2.36. The predicted octanol–water partition coefficient (Wildman–Crippen LogP) is 1.49. The Labute approximate surface area is 203 Å². The van der Waals surface area contributed by atoms with Gasteiger partial charge >= 0.3 is 0 Å². The van der Waals surface area contributed by atoms with Crippen LogP contribution in [-0.2, 0) is 24.4 Å². The van der Waals surface area contributed by atoms with E-state index >= 15 is 0 Å². The van der Waals surface area contributed by atoms with Crippen molar-refractivity contribution in [3.8, 4) is 0 Å². The van der Waals surface area contributed by atoms with Crippen molar-refractivity contribution in [3.05, 3.63) is 41.4 Å². The number of benzene rings is 2. The SMILES string of the molecule is NC(=O)C1CCCN(C(=O)CN2CCCC(NS(=O)(=O)c3ccc4cc(Cl)ccc4c3)C2=O)C1. The minimum atomic E-state index is -3.96. The van der Waals surface area contributed by atoms with Crippen molar-refractivity contribution in [2.75, 3.05) is 26.2 Å². The van der Waals surface area contributed by atoms with Crippen molar-refractivity contribution in [2.45, 2.75) is 36.6 Å². The van der Waals surface area contributed by atoms with Crippen LogP contribution in [0.5, 0.6) is 0 Å². The number of nitrogens with two attached hydrogens (primary N) is 1. The normalized spacial score (nSPS) is 21.6. The Morgan fingerprint density at radius 1 is 1.06 bits per heavy atom. The Balaban J connectivity index is 1.43. The molecule has 9 nitrogen and oxygen atoms in total. The summed E-state index contributed by atoms with van der Waals surface area (Å²) >= 11 is 5.99. The lowest BCUT2D eigenvalue weighted by Crippen LogP contribution is -2.55. The van der Waals surface area contributed by atoms with E-state index in [1.807, 2.05) is 0 Å². The summed E-state index contributed by atoms with van der Waals surface area (Å²) in [6.45, 7) is 0.971. The number of hydrogen-bond acceptors (Lipinski definition) is 5. The highest BCUT2D eigenvalue weighted by molar-refractivity contribution is 7.89. The monoisotopic (exact) mass is 506 g/mol. The van der Waals surface area contributed by atoms with Gasteiger partial charge in [0.1, 0.15) is 6.04 Å². The van der Waals surface area contributed by atoms with Gasteiger partial charge in [-0.1, -0.05) is 23.7 Å². The molecule has 2 aromatic carbocycles. The van der Waals surface area contributed by atoms with Crippen molar-refractivity contribution in [2.24, 2.45) is 11.7 Å². The highest BCUT2D eigenvalue weighted by Crippen LogP contribution is 2.24. The molecule has 0 saturated carbocycles. The number of amides is 3. The van der Waals surface area contributed by atoms with Crippen LogP contribution in [-0.4, -0.2) is 68.2 Å². The summed E-state index contributed by atoms with van der Waals surface area (Å²) in [5.41, 5.74) is 5.39. The third kappa shape index (κ3) is 5.34. The average Bonchev–Trinajstić information content (AvgIpc) is 2.81. The van der Waals surface area contributed by atoms with E-state index in [9.17, 15) is 22.8 Å². The van der Waals surface area contributed by atoms with E-state index in [1.165, 1.54) is 17.0 Å². The molecule has 2 aliphatic heterocycles. The van der Waals surface area contributed by atoms with E-state index in [0.717, 1.165) is 5.39 Å². The van der Waals surface area contributed by atoms with E-state index in [0.29, 0.717) is 49.2 Å². The van der Waals surface area contributed by atoms with Crippen LogP contribution < -0.4 is 10.5 Å². The van der Waals surface area contributed by atoms with Gasteiger partial charge in [0.25, 0.3) is 0 Å². The highest BCUT2D eigenvalue weighted by Gasteiger charge is 2.35. The van der Waals surface area contributed by atoms with Gasteiger partial charge in [0.2, 0.25) is 27.7 Å². The average molecular weight is 507 g/mol. The number of piperidine rings is 2. The largest absolute Gasteiger partial charge is 0.369 e. The molecule has 0 aromatic heterocycles. The van der Waals surface area contributed by atoms with Crippen LogP contribution in [0.1, 0.15) is 25.7 Å². The maximum atomic E-state index is 13.0. The number of primary amides is 1. The maximum Gasteiger partial charge on any atom is 0.242 e. The fourth-order valence-electron chi connectivity index (χ4n) is 4.52. The van der Waals surface area contributed by atoms with Crippen LogP contribution in [0.25, 0.3) is 10.8 Å². The van der Waals surface area contributed by atoms with Crippen LogP contribution in [0.4, 0.5) is 0 Å². The van der Waals surface area contributed by atoms with Crippen LogP contribution in [0.2, 0.25) is 5.02 Å². The second-order valence-corrected chi connectivity index (χ2v) is 11.0. The summed E-state index contributed by atoms with van der Waals surface area (Å²) in [4.78, 5) is 40.3.